The van der Waals surface area contributed by atoms with E-state index < -0.39 is 10.0 Å². The average molecular weight is 402 g/mol. The molecular weight excluding hydrogens is 380 g/mol. The monoisotopic (exact) mass is 402 g/mol. The van der Waals surface area contributed by atoms with E-state index in [0.717, 1.165) is 31.9 Å². The molecular formula is C19H22N4O4S. The molecule has 0 aliphatic carbocycles. The van der Waals surface area contributed by atoms with E-state index in [0.29, 0.717) is 16.8 Å². The van der Waals surface area contributed by atoms with E-state index in [-0.39, 0.29) is 10.6 Å². The number of methoxy groups -OCH3 is 2. The van der Waals surface area contributed by atoms with Crippen LogP contribution >= 0.6 is 0 Å². The third kappa shape index (κ3) is 3.06. The molecule has 4 rings (SSSR count). The molecule has 0 saturated carbocycles. The summed E-state index contributed by atoms with van der Waals surface area (Å²) in [6.07, 6.45) is 3.33. The summed E-state index contributed by atoms with van der Waals surface area (Å²) in [6.45, 7) is 3.28. The molecule has 0 spiro atoms. The molecule has 0 radical (unpaired) electrons. The Hall–Kier alpha value is -2.78. The van der Waals surface area contributed by atoms with Crippen molar-refractivity contribution in [3.63, 3.8) is 0 Å². The maximum atomic E-state index is 13.5. The number of hydrogen-bond acceptors (Lipinski definition) is 7. The Morgan fingerprint density at radius 1 is 1.11 bits per heavy atom. The fourth-order valence-electron chi connectivity index (χ4n) is 3.44. The highest BCUT2D eigenvalue weighted by atomic mass is 32.2. The number of piperazine rings is 1. The van der Waals surface area contributed by atoms with Gasteiger partial charge in [-0.15, -0.1) is 0 Å². The first-order valence-electron chi connectivity index (χ1n) is 8.95. The molecule has 1 aliphatic rings. The lowest BCUT2D eigenvalue weighted by Gasteiger charge is -2.28. The topological polar surface area (TPSA) is 85.7 Å². The van der Waals surface area contributed by atoms with E-state index in [1.165, 1.54) is 24.3 Å². The maximum Gasteiger partial charge on any atom is 0.271 e. The van der Waals surface area contributed by atoms with Gasteiger partial charge in [-0.1, -0.05) is 0 Å². The molecule has 1 saturated heterocycles. The van der Waals surface area contributed by atoms with Gasteiger partial charge < -0.3 is 19.7 Å². The van der Waals surface area contributed by atoms with Gasteiger partial charge in [0.2, 0.25) is 0 Å². The highest BCUT2D eigenvalue weighted by molar-refractivity contribution is 7.90. The van der Waals surface area contributed by atoms with E-state index in [2.05, 4.69) is 15.2 Å². The van der Waals surface area contributed by atoms with Crippen molar-refractivity contribution in [2.75, 3.05) is 45.3 Å². The molecule has 3 heterocycles. The highest BCUT2D eigenvalue weighted by Gasteiger charge is 2.27. The lowest BCUT2D eigenvalue weighted by atomic mass is 10.3. The second-order valence-corrected chi connectivity index (χ2v) is 8.22. The summed E-state index contributed by atoms with van der Waals surface area (Å²) < 4.78 is 38.8. The van der Waals surface area contributed by atoms with Gasteiger partial charge in [-0.05, 0) is 24.3 Å². The summed E-state index contributed by atoms with van der Waals surface area (Å²) in [7, 11) is -0.936. The summed E-state index contributed by atoms with van der Waals surface area (Å²) in [4.78, 5) is 6.68. The Kier molecular flexibility index (Phi) is 4.86. The van der Waals surface area contributed by atoms with Crippen molar-refractivity contribution in [2.45, 2.75) is 4.90 Å². The zero-order chi connectivity index (χ0) is 19.7. The molecule has 0 amide bonds. The zero-order valence-electron chi connectivity index (χ0n) is 15.8. The average Bonchev–Trinajstić information content (AvgIpc) is 3.14. The maximum absolute atomic E-state index is 13.5. The molecule has 3 aromatic rings. The minimum atomic E-state index is -3.90. The van der Waals surface area contributed by atoms with Crippen LogP contribution in [-0.2, 0) is 10.0 Å². The lowest BCUT2D eigenvalue weighted by molar-refractivity contribution is 0.386. The summed E-state index contributed by atoms with van der Waals surface area (Å²) in [5.41, 5.74) is 2.02. The summed E-state index contributed by atoms with van der Waals surface area (Å²) in [5, 5.41) is 3.31. The van der Waals surface area contributed by atoms with Crippen LogP contribution in [0, 0.1) is 0 Å². The van der Waals surface area contributed by atoms with Gasteiger partial charge in [0.15, 0.2) is 0 Å². The third-order valence-electron chi connectivity index (χ3n) is 4.87. The quantitative estimate of drug-likeness (QED) is 0.695. The molecule has 8 nitrogen and oxygen atoms in total. The van der Waals surface area contributed by atoms with Gasteiger partial charge in [0.1, 0.15) is 21.9 Å². The van der Waals surface area contributed by atoms with Crippen molar-refractivity contribution >= 4 is 26.7 Å². The molecule has 28 heavy (non-hydrogen) atoms. The smallest absolute Gasteiger partial charge is 0.271 e. The Morgan fingerprint density at radius 3 is 2.61 bits per heavy atom. The Labute approximate surface area is 163 Å². The first kappa shape index (κ1) is 18.6. The van der Waals surface area contributed by atoms with Crippen molar-refractivity contribution in [1.82, 2.24) is 14.3 Å². The molecule has 1 aliphatic heterocycles. The molecule has 9 heteroatoms. The van der Waals surface area contributed by atoms with Crippen LogP contribution in [-0.4, -0.2) is 57.8 Å². The first-order chi connectivity index (χ1) is 13.6. The number of pyridine rings is 1. The molecule has 0 unspecified atom stereocenters. The van der Waals surface area contributed by atoms with E-state index in [4.69, 9.17) is 9.47 Å². The summed E-state index contributed by atoms with van der Waals surface area (Å²) in [5.74, 6) is 0.755. The van der Waals surface area contributed by atoms with E-state index >= 15 is 0 Å². The highest BCUT2D eigenvalue weighted by Crippen LogP contribution is 2.34. The number of hydrogen-bond donors (Lipinski definition) is 1. The molecule has 0 atom stereocenters. The predicted octanol–water partition coefficient (Wildman–Crippen LogP) is 1.70. The largest absolute Gasteiger partial charge is 0.497 e. The molecule has 1 fully saturated rings. The normalized spacial score (nSPS) is 15.0. The Morgan fingerprint density at radius 2 is 1.89 bits per heavy atom. The van der Waals surface area contributed by atoms with Crippen molar-refractivity contribution in [1.29, 1.82) is 0 Å². The number of rotatable bonds is 5. The minimum Gasteiger partial charge on any atom is -0.497 e. The van der Waals surface area contributed by atoms with Gasteiger partial charge >= 0.3 is 0 Å². The molecule has 2 aromatic heterocycles. The van der Waals surface area contributed by atoms with Crippen molar-refractivity contribution in [3.05, 3.63) is 42.7 Å². The standard InChI is InChI=1S/C19H22N4O4S/c1-26-14-5-6-18(17(12-14)27-2)28(24,25)23-13-16(22-10-8-20-9-11-22)19-15(23)4-3-7-21-19/h3-7,12-13,20H,8-11H2,1-2H3. The van der Waals surface area contributed by atoms with Crippen molar-refractivity contribution < 1.29 is 17.9 Å². The van der Waals surface area contributed by atoms with E-state index in [1.54, 1.807) is 36.7 Å². The predicted molar refractivity (Wildman–Crippen MR) is 107 cm³/mol. The van der Waals surface area contributed by atoms with Gasteiger partial charge in [0.05, 0.1) is 25.4 Å². The first-order valence-corrected chi connectivity index (χ1v) is 10.4. The Bertz CT molecular complexity index is 1100. The third-order valence-corrected chi connectivity index (χ3v) is 6.58. The minimum absolute atomic E-state index is 0.0726. The van der Waals surface area contributed by atoms with Crippen molar-refractivity contribution in [2.24, 2.45) is 0 Å². The SMILES string of the molecule is COc1ccc(S(=O)(=O)n2cc(N3CCNCC3)c3ncccc32)c(OC)c1. The molecule has 0 bridgehead atoms. The number of anilines is 1. The van der Waals surface area contributed by atoms with Gasteiger partial charge in [0.25, 0.3) is 10.0 Å². The Balaban J connectivity index is 1.89. The number of aromatic nitrogens is 2. The van der Waals surface area contributed by atoms with Crippen LogP contribution < -0.4 is 19.7 Å². The van der Waals surface area contributed by atoms with Crippen LogP contribution in [0.1, 0.15) is 0 Å². The summed E-state index contributed by atoms with van der Waals surface area (Å²) >= 11 is 0. The number of nitrogens with one attached hydrogen (secondary N) is 1. The summed E-state index contributed by atoms with van der Waals surface area (Å²) in [6, 6.07) is 8.17. The molecule has 148 valence electrons. The fourth-order valence-corrected chi connectivity index (χ4v) is 4.94. The van der Waals surface area contributed by atoms with E-state index in [1.807, 2.05) is 0 Å². The lowest BCUT2D eigenvalue weighted by Crippen LogP contribution is -2.43. The van der Waals surface area contributed by atoms with Crippen LogP contribution in [0.15, 0.2) is 47.6 Å². The second-order valence-electron chi connectivity index (χ2n) is 6.44. The fraction of sp³-hybridized carbons (Fsp3) is 0.316. The van der Waals surface area contributed by atoms with Crippen LogP contribution in [0.25, 0.3) is 11.0 Å². The van der Waals surface area contributed by atoms with Crippen molar-refractivity contribution in [3.8, 4) is 11.5 Å². The van der Waals surface area contributed by atoms with Gasteiger partial charge in [-0.25, -0.2) is 12.4 Å². The number of ether oxygens (including phenoxy) is 2. The van der Waals surface area contributed by atoms with Gasteiger partial charge in [0, 0.05) is 44.6 Å². The number of benzene rings is 1. The number of fused-ring (bicyclic) bond motifs is 1. The van der Waals surface area contributed by atoms with Gasteiger partial charge in [-0.3, -0.25) is 4.98 Å². The van der Waals surface area contributed by atoms with Crippen LogP contribution in [0.3, 0.4) is 0 Å². The van der Waals surface area contributed by atoms with Gasteiger partial charge in [-0.2, -0.15) is 0 Å². The zero-order valence-corrected chi connectivity index (χ0v) is 16.6. The van der Waals surface area contributed by atoms with Crippen LogP contribution in [0.5, 0.6) is 11.5 Å². The second kappa shape index (κ2) is 7.33. The molecule has 1 aromatic carbocycles. The van der Waals surface area contributed by atoms with Crippen LogP contribution in [0.2, 0.25) is 0 Å². The van der Waals surface area contributed by atoms with Crippen LogP contribution in [0.4, 0.5) is 5.69 Å². The molecule has 1 N–H and O–H groups in total. The number of nitrogens with zero attached hydrogens (tertiary/aromatic N) is 3. The van der Waals surface area contributed by atoms with E-state index in [9.17, 15) is 8.42 Å².